The number of amides is 2. The molecule has 1 atom stereocenters. The molecule has 2 aromatic rings. The smallest absolute Gasteiger partial charge is 0.225 e. The molecule has 0 bridgehead atoms. The van der Waals surface area contributed by atoms with Gasteiger partial charge in [0.05, 0.1) is 17.6 Å². The van der Waals surface area contributed by atoms with Gasteiger partial charge in [0.2, 0.25) is 11.8 Å². The summed E-state index contributed by atoms with van der Waals surface area (Å²) >= 11 is 0. The van der Waals surface area contributed by atoms with Gasteiger partial charge in [-0.15, -0.1) is 6.58 Å². The largest absolute Gasteiger partial charge is 0.358 e. The average molecular weight is 350 g/mol. The third kappa shape index (κ3) is 3.47. The molecule has 6 nitrogen and oxygen atoms in total. The number of rotatable bonds is 6. The van der Waals surface area contributed by atoms with Crippen molar-refractivity contribution in [1.29, 1.82) is 5.26 Å². The highest BCUT2D eigenvalue weighted by Gasteiger charge is 2.33. The van der Waals surface area contributed by atoms with Crippen LogP contribution in [0.25, 0.3) is 10.9 Å². The van der Waals surface area contributed by atoms with Gasteiger partial charge in [0, 0.05) is 42.7 Å². The summed E-state index contributed by atoms with van der Waals surface area (Å²) in [7, 11) is 0. The SMILES string of the molecule is C=CCN1CC(C(=O)NCCc2c(C)[nH]c3ccc(C#N)cc23)CC1=O. The quantitative estimate of drug-likeness (QED) is 0.781. The van der Waals surface area contributed by atoms with Crippen molar-refractivity contribution in [3.63, 3.8) is 0 Å². The van der Waals surface area contributed by atoms with Crippen molar-refractivity contribution < 1.29 is 9.59 Å². The van der Waals surface area contributed by atoms with Gasteiger partial charge in [0.25, 0.3) is 0 Å². The summed E-state index contributed by atoms with van der Waals surface area (Å²) < 4.78 is 0. The summed E-state index contributed by atoms with van der Waals surface area (Å²) in [6, 6.07) is 7.72. The Balaban J connectivity index is 1.62. The number of H-pyrrole nitrogens is 1. The first-order chi connectivity index (χ1) is 12.5. The predicted octanol–water partition coefficient (Wildman–Crippen LogP) is 2.04. The number of nitrogens with one attached hydrogen (secondary N) is 2. The van der Waals surface area contributed by atoms with Crippen molar-refractivity contribution >= 4 is 22.7 Å². The highest BCUT2D eigenvalue weighted by molar-refractivity contribution is 5.89. The van der Waals surface area contributed by atoms with E-state index in [2.05, 4.69) is 22.9 Å². The summed E-state index contributed by atoms with van der Waals surface area (Å²) in [6.07, 6.45) is 2.61. The first-order valence-electron chi connectivity index (χ1n) is 8.71. The van der Waals surface area contributed by atoms with E-state index in [1.54, 1.807) is 17.0 Å². The molecule has 1 fully saturated rings. The van der Waals surface area contributed by atoms with Crippen LogP contribution in [0, 0.1) is 24.2 Å². The topological polar surface area (TPSA) is 89.0 Å². The monoisotopic (exact) mass is 350 g/mol. The van der Waals surface area contributed by atoms with Gasteiger partial charge in [-0.25, -0.2) is 0 Å². The fraction of sp³-hybridized carbons (Fsp3) is 0.350. The van der Waals surface area contributed by atoms with Crippen molar-refractivity contribution in [3.05, 3.63) is 47.7 Å². The molecule has 1 unspecified atom stereocenters. The number of aromatic nitrogens is 1. The van der Waals surface area contributed by atoms with Crippen molar-refractivity contribution in [1.82, 2.24) is 15.2 Å². The molecule has 1 aliphatic rings. The maximum Gasteiger partial charge on any atom is 0.225 e. The molecule has 6 heteroatoms. The summed E-state index contributed by atoms with van der Waals surface area (Å²) in [6.45, 7) is 7.06. The van der Waals surface area contributed by atoms with Crippen LogP contribution in [0.2, 0.25) is 0 Å². The third-order valence-electron chi connectivity index (χ3n) is 4.86. The highest BCUT2D eigenvalue weighted by atomic mass is 16.2. The van der Waals surface area contributed by atoms with Crippen LogP contribution in [0.15, 0.2) is 30.9 Å². The Labute approximate surface area is 152 Å². The molecule has 3 rings (SSSR count). The lowest BCUT2D eigenvalue weighted by atomic mass is 10.0. The van der Waals surface area contributed by atoms with Crippen molar-refractivity contribution in [3.8, 4) is 6.07 Å². The Morgan fingerprint density at radius 1 is 1.54 bits per heavy atom. The Hall–Kier alpha value is -3.07. The van der Waals surface area contributed by atoms with Gasteiger partial charge in [-0.3, -0.25) is 9.59 Å². The molecule has 1 saturated heterocycles. The summed E-state index contributed by atoms with van der Waals surface area (Å²) in [5.41, 5.74) is 3.75. The van der Waals surface area contributed by atoms with E-state index in [0.717, 1.165) is 22.2 Å². The number of nitrogens with zero attached hydrogens (tertiary/aromatic N) is 2. The van der Waals surface area contributed by atoms with Crippen LogP contribution in [0.1, 0.15) is 23.2 Å². The van der Waals surface area contributed by atoms with Crippen LogP contribution in [-0.4, -0.2) is 41.3 Å². The number of carbonyl (C=O) groups is 2. The van der Waals surface area contributed by atoms with Crippen LogP contribution in [0.3, 0.4) is 0 Å². The molecule has 134 valence electrons. The second kappa shape index (κ2) is 7.44. The fourth-order valence-corrected chi connectivity index (χ4v) is 3.51. The number of benzene rings is 1. The number of carbonyl (C=O) groups excluding carboxylic acids is 2. The minimum atomic E-state index is -0.295. The van der Waals surface area contributed by atoms with Gasteiger partial charge in [-0.05, 0) is 37.1 Å². The van der Waals surface area contributed by atoms with Crippen LogP contribution in [-0.2, 0) is 16.0 Å². The number of hydrogen-bond acceptors (Lipinski definition) is 3. The summed E-state index contributed by atoms with van der Waals surface area (Å²) in [4.78, 5) is 29.2. The molecular weight excluding hydrogens is 328 g/mol. The van der Waals surface area contributed by atoms with Gasteiger partial charge < -0.3 is 15.2 Å². The van der Waals surface area contributed by atoms with Crippen LogP contribution in [0.4, 0.5) is 0 Å². The molecule has 1 aromatic carbocycles. The zero-order chi connectivity index (χ0) is 18.7. The molecule has 2 heterocycles. The predicted molar refractivity (Wildman–Crippen MR) is 99.3 cm³/mol. The molecule has 1 aliphatic heterocycles. The van der Waals surface area contributed by atoms with E-state index in [9.17, 15) is 9.59 Å². The van der Waals surface area contributed by atoms with Crippen LogP contribution in [0.5, 0.6) is 0 Å². The number of fused-ring (bicyclic) bond motifs is 1. The molecule has 0 radical (unpaired) electrons. The normalized spacial score (nSPS) is 16.7. The molecular formula is C20H22N4O2. The Kier molecular flexibility index (Phi) is 5.08. The van der Waals surface area contributed by atoms with Crippen molar-refractivity contribution in [2.75, 3.05) is 19.6 Å². The second-order valence-electron chi connectivity index (χ2n) is 6.63. The Bertz CT molecular complexity index is 906. The van der Waals surface area contributed by atoms with Gasteiger partial charge in [0.15, 0.2) is 0 Å². The Morgan fingerprint density at radius 2 is 2.35 bits per heavy atom. The molecule has 0 spiro atoms. The minimum Gasteiger partial charge on any atom is -0.358 e. The van der Waals surface area contributed by atoms with Gasteiger partial charge in [-0.1, -0.05) is 6.08 Å². The van der Waals surface area contributed by atoms with E-state index < -0.39 is 0 Å². The second-order valence-corrected chi connectivity index (χ2v) is 6.63. The first kappa shape index (κ1) is 17.7. The average Bonchev–Trinajstić information content (AvgIpc) is 3.15. The zero-order valence-corrected chi connectivity index (χ0v) is 14.8. The fourth-order valence-electron chi connectivity index (χ4n) is 3.51. The molecule has 0 aliphatic carbocycles. The third-order valence-corrected chi connectivity index (χ3v) is 4.86. The maximum absolute atomic E-state index is 12.4. The molecule has 0 saturated carbocycles. The molecule has 1 aromatic heterocycles. The standard InChI is InChI=1S/C20H22N4O2/c1-3-8-24-12-15(10-19(24)25)20(26)22-7-6-16-13(2)23-18-5-4-14(11-21)9-17(16)18/h3-5,9,15,23H,1,6-8,10,12H2,2H3,(H,22,26). The maximum atomic E-state index is 12.4. The lowest BCUT2D eigenvalue weighted by Gasteiger charge is -2.14. The van der Waals surface area contributed by atoms with E-state index in [4.69, 9.17) is 5.26 Å². The van der Waals surface area contributed by atoms with E-state index >= 15 is 0 Å². The number of likely N-dealkylation sites (tertiary alicyclic amines) is 1. The van der Waals surface area contributed by atoms with E-state index in [0.29, 0.717) is 31.6 Å². The van der Waals surface area contributed by atoms with E-state index in [1.807, 2.05) is 19.1 Å². The van der Waals surface area contributed by atoms with Gasteiger partial charge in [0.1, 0.15) is 0 Å². The van der Waals surface area contributed by atoms with Gasteiger partial charge >= 0.3 is 0 Å². The number of hydrogen-bond donors (Lipinski definition) is 2. The van der Waals surface area contributed by atoms with Crippen molar-refractivity contribution in [2.24, 2.45) is 5.92 Å². The van der Waals surface area contributed by atoms with Crippen LogP contribution < -0.4 is 5.32 Å². The summed E-state index contributed by atoms with van der Waals surface area (Å²) in [5.74, 6) is -0.376. The number of aromatic amines is 1. The minimum absolute atomic E-state index is 0.00144. The van der Waals surface area contributed by atoms with E-state index in [1.165, 1.54) is 0 Å². The number of aryl methyl sites for hydroxylation is 1. The highest BCUT2D eigenvalue weighted by Crippen LogP contribution is 2.24. The Morgan fingerprint density at radius 3 is 3.08 bits per heavy atom. The molecule has 26 heavy (non-hydrogen) atoms. The first-order valence-corrected chi connectivity index (χ1v) is 8.71. The van der Waals surface area contributed by atoms with Crippen LogP contribution >= 0.6 is 0 Å². The van der Waals surface area contributed by atoms with Crippen molar-refractivity contribution in [2.45, 2.75) is 19.8 Å². The molecule has 2 amide bonds. The van der Waals surface area contributed by atoms with Gasteiger partial charge in [-0.2, -0.15) is 5.26 Å². The molecule has 2 N–H and O–H groups in total. The lowest BCUT2D eigenvalue weighted by Crippen LogP contribution is -2.34. The zero-order valence-electron chi connectivity index (χ0n) is 14.8. The van der Waals surface area contributed by atoms with E-state index in [-0.39, 0.29) is 24.2 Å². The summed E-state index contributed by atoms with van der Waals surface area (Å²) in [5, 5.41) is 13.1. The lowest BCUT2D eigenvalue weighted by molar-refractivity contribution is -0.128. The number of nitriles is 1.